The van der Waals surface area contributed by atoms with Gasteiger partial charge < -0.3 is 9.84 Å². The van der Waals surface area contributed by atoms with E-state index in [0.29, 0.717) is 5.02 Å². The van der Waals surface area contributed by atoms with Crippen molar-refractivity contribution in [3.63, 3.8) is 0 Å². The Balaban J connectivity index is 3.20. The number of aliphatic hydroxyl groups is 1. The van der Waals surface area contributed by atoms with E-state index in [1.165, 1.54) is 19.2 Å². The minimum absolute atomic E-state index is 0.0310. The maximum atomic E-state index is 13.1. The first-order valence-corrected chi connectivity index (χ1v) is 4.22. The van der Waals surface area contributed by atoms with E-state index in [1.54, 1.807) is 0 Å². The molecule has 0 heterocycles. The predicted octanol–water partition coefficient (Wildman–Crippen LogP) is 2.43. The molecule has 0 aliphatic heterocycles. The van der Waals surface area contributed by atoms with Crippen LogP contribution in [0.5, 0.6) is 5.75 Å². The van der Waals surface area contributed by atoms with Gasteiger partial charge in [-0.3, -0.25) is 0 Å². The van der Waals surface area contributed by atoms with Gasteiger partial charge in [0.1, 0.15) is 12.4 Å². The molecule has 0 fully saturated rings. The Morgan fingerprint density at radius 1 is 1.50 bits per heavy atom. The molecule has 1 aromatic carbocycles. The fourth-order valence-corrected chi connectivity index (χ4v) is 1.21. The molecule has 1 aromatic rings. The van der Waals surface area contributed by atoms with Gasteiger partial charge in [0.2, 0.25) is 0 Å². The van der Waals surface area contributed by atoms with E-state index in [1.807, 2.05) is 0 Å². The molecule has 1 rings (SSSR count). The molecule has 0 bridgehead atoms. The van der Waals surface area contributed by atoms with Crippen LogP contribution in [0.2, 0.25) is 5.02 Å². The Bertz CT molecular complexity index is 329. The Morgan fingerprint density at radius 3 is 2.64 bits per heavy atom. The SMILES string of the molecule is COc1cc(Cl)ccc1C(F)(F)CO. The lowest BCUT2D eigenvalue weighted by Gasteiger charge is -2.16. The zero-order valence-electron chi connectivity index (χ0n) is 7.43. The lowest BCUT2D eigenvalue weighted by molar-refractivity contribution is -0.0571. The number of aliphatic hydroxyl groups excluding tert-OH is 1. The molecule has 0 radical (unpaired) electrons. The molecule has 0 spiro atoms. The average Bonchev–Trinajstić information content (AvgIpc) is 2.17. The van der Waals surface area contributed by atoms with E-state index in [-0.39, 0.29) is 11.3 Å². The van der Waals surface area contributed by atoms with Gasteiger partial charge in [-0.25, -0.2) is 0 Å². The summed E-state index contributed by atoms with van der Waals surface area (Å²) in [4.78, 5) is 0. The Labute approximate surface area is 85.1 Å². The maximum absolute atomic E-state index is 13.1. The van der Waals surface area contributed by atoms with Crippen molar-refractivity contribution in [2.24, 2.45) is 0 Å². The third-order valence-corrected chi connectivity index (χ3v) is 1.99. The van der Waals surface area contributed by atoms with Crippen LogP contribution >= 0.6 is 11.6 Å². The first-order chi connectivity index (χ1) is 6.51. The second-order valence-corrected chi connectivity index (χ2v) is 3.14. The molecule has 0 unspecified atom stereocenters. The van der Waals surface area contributed by atoms with Crippen LogP contribution in [0.25, 0.3) is 0 Å². The Kier molecular flexibility index (Phi) is 3.29. The molecular formula is C9H9ClF2O2. The number of methoxy groups -OCH3 is 1. The summed E-state index contributed by atoms with van der Waals surface area (Å²) >= 11 is 5.60. The zero-order chi connectivity index (χ0) is 10.8. The first kappa shape index (κ1) is 11.2. The van der Waals surface area contributed by atoms with Gasteiger partial charge in [-0.05, 0) is 18.2 Å². The second kappa shape index (κ2) is 4.11. The van der Waals surface area contributed by atoms with Gasteiger partial charge in [0.05, 0.1) is 12.7 Å². The highest BCUT2D eigenvalue weighted by molar-refractivity contribution is 6.30. The van der Waals surface area contributed by atoms with Crippen LogP contribution in [-0.4, -0.2) is 18.8 Å². The summed E-state index contributed by atoms with van der Waals surface area (Å²) in [6, 6.07) is 3.74. The van der Waals surface area contributed by atoms with E-state index in [0.717, 1.165) is 6.07 Å². The quantitative estimate of drug-likeness (QED) is 0.851. The van der Waals surface area contributed by atoms with Crippen LogP contribution in [0, 0.1) is 0 Å². The molecule has 0 saturated carbocycles. The number of benzene rings is 1. The van der Waals surface area contributed by atoms with Crippen LogP contribution in [0.4, 0.5) is 8.78 Å². The second-order valence-electron chi connectivity index (χ2n) is 2.71. The summed E-state index contributed by atoms with van der Waals surface area (Å²) in [6.07, 6.45) is 0. The highest BCUT2D eigenvalue weighted by Gasteiger charge is 2.33. The van der Waals surface area contributed by atoms with Crippen molar-refractivity contribution in [2.75, 3.05) is 13.7 Å². The predicted molar refractivity (Wildman–Crippen MR) is 49.0 cm³/mol. The third kappa shape index (κ3) is 2.13. The van der Waals surface area contributed by atoms with E-state index < -0.39 is 12.5 Å². The summed E-state index contributed by atoms with van der Waals surface area (Å²) in [7, 11) is 1.27. The van der Waals surface area contributed by atoms with E-state index in [4.69, 9.17) is 21.4 Å². The molecule has 0 aliphatic rings. The summed E-state index contributed by atoms with van der Waals surface area (Å²) in [5.41, 5.74) is -0.369. The largest absolute Gasteiger partial charge is 0.496 e. The fourth-order valence-electron chi connectivity index (χ4n) is 1.05. The van der Waals surface area contributed by atoms with Crippen molar-refractivity contribution < 1.29 is 18.6 Å². The molecule has 0 amide bonds. The van der Waals surface area contributed by atoms with Gasteiger partial charge in [-0.15, -0.1) is 0 Å². The molecule has 0 saturated heterocycles. The number of alkyl halides is 2. The first-order valence-electron chi connectivity index (χ1n) is 3.84. The molecule has 0 aromatic heterocycles. The molecule has 78 valence electrons. The van der Waals surface area contributed by atoms with E-state index in [9.17, 15) is 8.78 Å². The van der Waals surface area contributed by atoms with Gasteiger partial charge in [0.25, 0.3) is 5.92 Å². The number of hydrogen-bond acceptors (Lipinski definition) is 2. The van der Waals surface area contributed by atoms with Crippen LogP contribution in [-0.2, 0) is 5.92 Å². The number of rotatable bonds is 3. The minimum atomic E-state index is -3.31. The number of ether oxygens (including phenoxy) is 1. The summed E-state index contributed by atoms with van der Waals surface area (Å²) in [6.45, 7) is -1.26. The van der Waals surface area contributed by atoms with Crippen molar-refractivity contribution in [3.05, 3.63) is 28.8 Å². The van der Waals surface area contributed by atoms with Gasteiger partial charge in [-0.1, -0.05) is 11.6 Å². The molecule has 5 heteroatoms. The summed E-state index contributed by atoms with van der Waals surface area (Å²) < 4.78 is 30.9. The molecule has 2 nitrogen and oxygen atoms in total. The molecule has 0 aliphatic carbocycles. The molecular weight excluding hydrogens is 214 g/mol. The van der Waals surface area contributed by atoms with Crippen molar-refractivity contribution in [1.82, 2.24) is 0 Å². The van der Waals surface area contributed by atoms with Crippen molar-refractivity contribution in [1.29, 1.82) is 0 Å². The Morgan fingerprint density at radius 2 is 2.14 bits per heavy atom. The minimum Gasteiger partial charge on any atom is -0.496 e. The standard InChI is InChI=1S/C9H9ClF2O2/c1-14-8-4-6(10)2-3-7(8)9(11,12)5-13/h2-4,13H,5H2,1H3. The van der Waals surface area contributed by atoms with Crippen LogP contribution in [0.15, 0.2) is 18.2 Å². The topological polar surface area (TPSA) is 29.5 Å². The lowest BCUT2D eigenvalue weighted by atomic mass is 10.1. The average molecular weight is 223 g/mol. The van der Waals surface area contributed by atoms with E-state index in [2.05, 4.69) is 0 Å². The number of halogens is 3. The molecule has 1 N–H and O–H groups in total. The molecule has 0 atom stereocenters. The summed E-state index contributed by atoms with van der Waals surface area (Å²) in [5, 5.41) is 8.80. The monoisotopic (exact) mass is 222 g/mol. The lowest BCUT2D eigenvalue weighted by Crippen LogP contribution is -2.19. The highest BCUT2D eigenvalue weighted by Crippen LogP contribution is 2.35. The fraction of sp³-hybridized carbons (Fsp3) is 0.333. The third-order valence-electron chi connectivity index (χ3n) is 1.76. The summed E-state index contributed by atoms with van der Waals surface area (Å²) in [5.74, 6) is -3.34. The van der Waals surface area contributed by atoms with E-state index >= 15 is 0 Å². The van der Waals surface area contributed by atoms with Gasteiger partial charge in [0, 0.05) is 5.02 Å². The smallest absolute Gasteiger partial charge is 0.299 e. The van der Waals surface area contributed by atoms with Crippen molar-refractivity contribution >= 4 is 11.6 Å². The highest BCUT2D eigenvalue weighted by atomic mass is 35.5. The van der Waals surface area contributed by atoms with Crippen molar-refractivity contribution in [2.45, 2.75) is 5.92 Å². The van der Waals surface area contributed by atoms with Gasteiger partial charge >= 0.3 is 0 Å². The normalized spacial score (nSPS) is 11.5. The maximum Gasteiger partial charge on any atom is 0.299 e. The van der Waals surface area contributed by atoms with Crippen molar-refractivity contribution in [3.8, 4) is 5.75 Å². The van der Waals surface area contributed by atoms with Crippen LogP contribution in [0.3, 0.4) is 0 Å². The van der Waals surface area contributed by atoms with Crippen LogP contribution in [0.1, 0.15) is 5.56 Å². The van der Waals surface area contributed by atoms with Gasteiger partial charge in [-0.2, -0.15) is 8.78 Å². The molecule has 14 heavy (non-hydrogen) atoms. The zero-order valence-corrected chi connectivity index (χ0v) is 8.18. The number of hydrogen-bond donors (Lipinski definition) is 1. The Hall–Kier alpha value is -0.870. The van der Waals surface area contributed by atoms with Gasteiger partial charge in [0.15, 0.2) is 0 Å². The van der Waals surface area contributed by atoms with Crippen LogP contribution < -0.4 is 4.74 Å².